The van der Waals surface area contributed by atoms with Gasteiger partial charge >= 0.3 is 7.12 Å². The van der Waals surface area contributed by atoms with Gasteiger partial charge in [0.2, 0.25) is 0 Å². The number of amides is 1. The molecule has 2 N–H and O–H groups in total. The zero-order valence-corrected chi connectivity index (χ0v) is 13.8. The lowest BCUT2D eigenvalue weighted by atomic mass is 9.78. The fraction of sp³-hybridized carbons (Fsp3) is 0.562. The molecule has 0 saturated carbocycles. The molecular weight excluding hydrogens is 279 g/mol. The number of hydrogen-bond acceptors (Lipinski definition) is 4. The van der Waals surface area contributed by atoms with Crippen LogP contribution in [0.15, 0.2) is 18.2 Å². The van der Waals surface area contributed by atoms with E-state index in [1.807, 2.05) is 52.8 Å². The molecule has 2 heterocycles. The Balaban J connectivity index is 1.91. The number of nitrogens with one attached hydrogen (secondary N) is 2. The number of hydrogen-bond donors (Lipinski definition) is 2. The number of benzene rings is 1. The largest absolute Gasteiger partial charge is 0.494 e. The van der Waals surface area contributed by atoms with Crippen LogP contribution in [0.3, 0.4) is 0 Å². The van der Waals surface area contributed by atoms with E-state index in [0.29, 0.717) is 12.1 Å². The third kappa shape index (κ3) is 2.50. The fourth-order valence-electron chi connectivity index (χ4n) is 2.65. The maximum atomic E-state index is 12.1. The molecule has 2 aliphatic rings. The predicted octanol–water partition coefficient (Wildman–Crippen LogP) is 1.53. The van der Waals surface area contributed by atoms with Gasteiger partial charge in [0.15, 0.2) is 0 Å². The first-order valence-corrected chi connectivity index (χ1v) is 7.74. The molecule has 5 nitrogen and oxygen atoms in total. The van der Waals surface area contributed by atoms with Crippen LogP contribution in [0.25, 0.3) is 0 Å². The lowest BCUT2D eigenvalue weighted by molar-refractivity contribution is 0.00578. The molecule has 1 fully saturated rings. The van der Waals surface area contributed by atoms with Crippen LogP contribution in [-0.4, -0.2) is 36.8 Å². The third-order valence-corrected chi connectivity index (χ3v) is 4.79. The van der Waals surface area contributed by atoms with E-state index in [0.717, 1.165) is 11.2 Å². The van der Waals surface area contributed by atoms with Crippen LogP contribution in [-0.2, 0) is 9.31 Å². The SMILES string of the molecule is CC1CNc2cc(B3OC(C)(C)C(C)(C)O3)ccc2C(=O)N1. The maximum absolute atomic E-state index is 12.1. The second-order valence-electron chi connectivity index (χ2n) is 7.15. The summed E-state index contributed by atoms with van der Waals surface area (Å²) >= 11 is 0. The van der Waals surface area contributed by atoms with E-state index in [2.05, 4.69) is 10.6 Å². The summed E-state index contributed by atoms with van der Waals surface area (Å²) in [6, 6.07) is 5.78. The fourth-order valence-corrected chi connectivity index (χ4v) is 2.65. The van der Waals surface area contributed by atoms with E-state index < -0.39 is 7.12 Å². The van der Waals surface area contributed by atoms with Crippen molar-refractivity contribution in [2.75, 3.05) is 11.9 Å². The van der Waals surface area contributed by atoms with Crippen molar-refractivity contribution in [3.8, 4) is 0 Å². The Kier molecular flexibility index (Phi) is 3.49. The maximum Gasteiger partial charge on any atom is 0.494 e. The summed E-state index contributed by atoms with van der Waals surface area (Å²) in [6.07, 6.45) is 0. The van der Waals surface area contributed by atoms with Gasteiger partial charge in [-0.05, 0) is 52.2 Å². The molecule has 1 amide bonds. The number of carbonyl (C=O) groups excluding carboxylic acids is 1. The number of fused-ring (bicyclic) bond motifs is 1. The van der Waals surface area contributed by atoms with Crippen molar-refractivity contribution in [2.24, 2.45) is 0 Å². The molecule has 0 bridgehead atoms. The van der Waals surface area contributed by atoms with Gasteiger partial charge in [0.1, 0.15) is 0 Å². The highest BCUT2D eigenvalue weighted by Gasteiger charge is 2.51. The van der Waals surface area contributed by atoms with Crippen molar-refractivity contribution in [1.82, 2.24) is 5.32 Å². The monoisotopic (exact) mass is 302 g/mol. The van der Waals surface area contributed by atoms with Gasteiger partial charge in [-0.25, -0.2) is 0 Å². The van der Waals surface area contributed by atoms with Crippen molar-refractivity contribution in [2.45, 2.75) is 51.9 Å². The second-order valence-corrected chi connectivity index (χ2v) is 7.15. The molecule has 3 rings (SSSR count). The molecule has 2 aliphatic heterocycles. The van der Waals surface area contributed by atoms with E-state index in [4.69, 9.17) is 9.31 Å². The zero-order valence-electron chi connectivity index (χ0n) is 13.8. The van der Waals surface area contributed by atoms with Gasteiger partial charge < -0.3 is 19.9 Å². The normalized spacial score (nSPS) is 26.0. The predicted molar refractivity (Wildman–Crippen MR) is 87.6 cm³/mol. The average Bonchev–Trinajstić information content (AvgIpc) is 2.54. The summed E-state index contributed by atoms with van der Waals surface area (Å²) in [7, 11) is -0.416. The number of carbonyl (C=O) groups is 1. The molecule has 0 aromatic heterocycles. The first-order chi connectivity index (χ1) is 10.2. The average molecular weight is 302 g/mol. The molecular formula is C16H23BN2O3. The topological polar surface area (TPSA) is 59.6 Å². The Morgan fingerprint density at radius 3 is 2.45 bits per heavy atom. The summed E-state index contributed by atoms with van der Waals surface area (Å²) < 4.78 is 12.1. The first kappa shape index (κ1) is 15.4. The molecule has 1 aromatic carbocycles. The summed E-state index contributed by atoms with van der Waals surface area (Å²) in [5.74, 6) is -0.0482. The van der Waals surface area contributed by atoms with Gasteiger partial charge in [0.05, 0.1) is 16.8 Å². The number of anilines is 1. The Bertz CT molecular complexity index is 599. The van der Waals surface area contributed by atoms with Crippen molar-refractivity contribution >= 4 is 24.2 Å². The van der Waals surface area contributed by atoms with Crippen LogP contribution in [0, 0.1) is 0 Å². The molecule has 0 aliphatic carbocycles. The van der Waals surface area contributed by atoms with E-state index in [-0.39, 0.29) is 23.2 Å². The molecule has 1 saturated heterocycles. The van der Waals surface area contributed by atoms with Crippen LogP contribution in [0.4, 0.5) is 5.69 Å². The third-order valence-electron chi connectivity index (χ3n) is 4.79. The van der Waals surface area contributed by atoms with Gasteiger partial charge in [-0.3, -0.25) is 4.79 Å². The highest BCUT2D eigenvalue weighted by Crippen LogP contribution is 2.36. The number of rotatable bonds is 1. The highest BCUT2D eigenvalue weighted by atomic mass is 16.7. The van der Waals surface area contributed by atoms with Gasteiger partial charge in [-0.2, -0.15) is 0 Å². The van der Waals surface area contributed by atoms with Crippen molar-refractivity contribution in [3.05, 3.63) is 23.8 Å². The molecule has 1 unspecified atom stereocenters. The summed E-state index contributed by atoms with van der Waals surface area (Å²) in [4.78, 5) is 12.1. The van der Waals surface area contributed by atoms with Crippen LogP contribution in [0.2, 0.25) is 0 Å². The van der Waals surface area contributed by atoms with Gasteiger partial charge in [0.25, 0.3) is 5.91 Å². The Morgan fingerprint density at radius 2 is 1.82 bits per heavy atom. The standard InChI is InChI=1S/C16H23BN2O3/c1-10-9-18-13-8-11(6-7-12(13)14(20)19-10)17-21-15(2,3)16(4,5)22-17/h6-8,10,18H,9H2,1-5H3,(H,19,20). The van der Waals surface area contributed by atoms with Gasteiger partial charge in [-0.1, -0.05) is 6.07 Å². The van der Waals surface area contributed by atoms with Crippen molar-refractivity contribution in [1.29, 1.82) is 0 Å². The molecule has 1 aromatic rings. The summed E-state index contributed by atoms with van der Waals surface area (Å²) in [6.45, 7) is 10.8. The van der Waals surface area contributed by atoms with E-state index in [9.17, 15) is 4.79 Å². The first-order valence-electron chi connectivity index (χ1n) is 7.74. The van der Waals surface area contributed by atoms with Crippen LogP contribution in [0.1, 0.15) is 45.0 Å². The van der Waals surface area contributed by atoms with Crippen molar-refractivity contribution < 1.29 is 14.1 Å². The minimum atomic E-state index is -0.416. The highest BCUT2D eigenvalue weighted by molar-refractivity contribution is 6.62. The zero-order chi connectivity index (χ0) is 16.1. The van der Waals surface area contributed by atoms with Gasteiger partial charge in [-0.15, -0.1) is 0 Å². The molecule has 0 radical (unpaired) electrons. The van der Waals surface area contributed by atoms with E-state index in [1.54, 1.807) is 0 Å². The molecule has 0 spiro atoms. The van der Waals surface area contributed by atoms with Crippen LogP contribution >= 0.6 is 0 Å². The molecule has 22 heavy (non-hydrogen) atoms. The Morgan fingerprint density at radius 1 is 1.18 bits per heavy atom. The lowest BCUT2D eigenvalue weighted by Gasteiger charge is -2.32. The summed E-state index contributed by atoms with van der Waals surface area (Å²) in [5.41, 5.74) is 1.67. The summed E-state index contributed by atoms with van der Waals surface area (Å²) in [5, 5.41) is 6.27. The minimum Gasteiger partial charge on any atom is -0.399 e. The van der Waals surface area contributed by atoms with Crippen molar-refractivity contribution in [3.63, 3.8) is 0 Å². The molecule has 6 heteroatoms. The van der Waals surface area contributed by atoms with Crippen LogP contribution in [0.5, 0.6) is 0 Å². The quantitative estimate of drug-likeness (QED) is 0.772. The van der Waals surface area contributed by atoms with E-state index >= 15 is 0 Å². The van der Waals surface area contributed by atoms with Gasteiger partial charge in [0, 0.05) is 18.3 Å². The molecule has 118 valence electrons. The Labute approximate surface area is 131 Å². The van der Waals surface area contributed by atoms with Crippen LogP contribution < -0.4 is 16.1 Å². The molecule has 1 atom stereocenters. The lowest BCUT2D eigenvalue weighted by Crippen LogP contribution is -2.41. The van der Waals surface area contributed by atoms with E-state index in [1.165, 1.54) is 0 Å². The smallest absolute Gasteiger partial charge is 0.399 e. The minimum absolute atomic E-state index is 0.0482. The Hall–Kier alpha value is -1.53. The second kappa shape index (κ2) is 5.00.